The predicted octanol–water partition coefficient (Wildman–Crippen LogP) is 7.37. The largest absolute Gasteiger partial charge is 0.508 e. The van der Waals surface area contributed by atoms with Crippen molar-refractivity contribution in [2.24, 2.45) is 51.8 Å². The number of phenols is 2. The van der Waals surface area contributed by atoms with Crippen molar-refractivity contribution in [3.8, 4) is 11.5 Å². The second kappa shape index (κ2) is 22.4. The Morgan fingerprint density at radius 3 is 1.64 bits per heavy atom. The normalized spacial score (nSPS) is 20.2. The number of nitrogen functional groups attached to an aromatic ring is 1. The summed E-state index contributed by atoms with van der Waals surface area (Å²) in [6, 6.07) is 12.3. The van der Waals surface area contributed by atoms with Crippen LogP contribution in [0, 0.1) is 51.8 Å². The van der Waals surface area contributed by atoms with E-state index in [1.807, 2.05) is 41.5 Å². The van der Waals surface area contributed by atoms with Crippen molar-refractivity contribution in [3.63, 3.8) is 0 Å². The number of anilines is 2. The summed E-state index contributed by atoms with van der Waals surface area (Å²) in [4.78, 5) is 75.3. The number of nitrogens with two attached hydrogens (primary N) is 1. The van der Waals surface area contributed by atoms with Crippen molar-refractivity contribution in [1.82, 2.24) is 0 Å². The molecule has 2 heterocycles. The van der Waals surface area contributed by atoms with E-state index in [0.717, 1.165) is 6.42 Å². The van der Waals surface area contributed by atoms with Crippen LogP contribution in [0.4, 0.5) is 11.4 Å². The van der Waals surface area contributed by atoms with Gasteiger partial charge >= 0.3 is 23.9 Å². The lowest BCUT2D eigenvalue weighted by atomic mass is 9.65. The highest BCUT2D eigenvalue weighted by molar-refractivity contribution is 6.22. The average molecular weight is 829 g/mol. The Balaban J connectivity index is 0.000000583. The lowest BCUT2D eigenvalue weighted by molar-refractivity contribution is -0.161. The van der Waals surface area contributed by atoms with Gasteiger partial charge in [0.2, 0.25) is 11.8 Å². The molecule has 14 nitrogen and oxygen atoms in total. The number of esters is 3. The van der Waals surface area contributed by atoms with Crippen LogP contribution in [-0.2, 0) is 38.2 Å². The van der Waals surface area contributed by atoms with E-state index in [0.29, 0.717) is 30.6 Å². The first-order valence-electron chi connectivity index (χ1n) is 20.3. The van der Waals surface area contributed by atoms with E-state index in [4.69, 9.17) is 20.7 Å². The number of ether oxygens (including phenoxy) is 2. The van der Waals surface area contributed by atoms with Crippen LogP contribution in [-0.4, -0.2) is 69.3 Å². The molecule has 6 N–H and O–H groups in total. The number of aromatic hydroxyl groups is 2. The van der Waals surface area contributed by atoms with E-state index < -0.39 is 46.4 Å². The summed E-state index contributed by atoms with van der Waals surface area (Å²) in [7, 11) is 0. The number of benzene rings is 2. The smallest absolute Gasteiger partial charge is 0.318 e. The first kappa shape index (κ1) is 52.0. The number of imide groups is 1. The number of aliphatic carboxylic acids is 1. The third kappa shape index (κ3) is 13.8. The van der Waals surface area contributed by atoms with Gasteiger partial charge in [-0.2, -0.15) is 0 Å². The third-order valence-corrected chi connectivity index (χ3v) is 11.6. The number of carboxylic acid groups (broad SMARTS) is 1. The minimum absolute atomic E-state index is 0.0343. The molecule has 0 aliphatic carbocycles. The SMILES string of the molecule is CCC(C)(C)C1C(=O)OC(=O)C1C.CCO.CCOC(=O)C(C)C(C(=O)O)C(C)(C)CCC1C(=O)N(c2ccc(O)cc2)C(=O)C1C(C)(C)CC.Nc1ccc(O)cc1. The zero-order chi connectivity index (χ0) is 45.6. The minimum atomic E-state index is -1.10. The fourth-order valence-corrected chi connectivity index (χ4v) is 7.58. The molecule has 2 aromatic carbocycles. The molecular weight excluding hydrogens is 760 g/mol. The van der Waals surface area contributed by atoms with Crippen molar-refractivity contribution in [3.05, 3.63) is 48.5 Å². The van der Waals surface area contributed by atoms with Crippen LogP contribution in [0.1, 0.15) is 109 Å². The molecule has 2 saturated heterocycles. The summed E-state index contributed by atoms with van der Waals surface area (Å²) < 4.78 is 9.66. The van der Waals surface area contributed by atoms with Gasteiger partial charge in [0.25, 0.3) is 0 Å². The maximum Gasteiger partial charge on any atom is 0.318 e. The second-order valence-electron chi connectivity index (χ2n) is 17.1. The first-order chi connectivity index (χ1) is 27.3. The molecule has 0 aromatic heterocycles. The molecule has 4 rings (SSSR count). The van der Waals surface area contributed by atoms with Gasteiger partial charge in [-0.3, -0.25) is 33.7 Å². The van der Waals surface area contributed by atoms with Crippen LogP contribution in [0.25, 0.3) is 0 Å². The Labute approximate surface area is 349 Å². The van der Waals surface area contributed by atoms with E-state index in [-0.39, 0.29) is 65.7 Å². The number of rotatable bonds is 13. The molecule has 0 bridgehead atoms. The summed E-state index contributed by atoms with van der Waals surface area (Å²) >= 11 is 0. The lowest BCUT2D eigenvalue weighted by Crippen LogP contribution is -2.41. The van der Waals surface area contributed by atoms with Crippen LogP contribution in [0.3, 0.4) is 0 Å². The maximum absolute atomic E-state index is 13.6. The highest BCUT2D eigenvalue weighted by Gasteiger charge is 2.54. The van der Waals surface area contributed by atoms with Crippen LogP contribution >= 0.6 is 0 Å². The molecule has 0 saturated carbocycles. The number of hydrogen-bond acceptors (Lipinski definition) is 12. The summed E-state index contributed by atoms with van der Waals surface area (Å²) in [5.74, 6) is -6.37. The zero-order valence-electron chi connectivity index (χ0n) is 36.9. The Morgan fingerprint density at radius 1 is 0.797 bits per heavy atom. The highest BCUT2D eigenvalue weighted by Crippen LogP contribution is 2.48. The van der Waals surface area contributed by atoms with Crippen molar-refractivity contribution >= 4 is 47.1 Å². The number of carbonyl (C=O) groups is 6. The van der Waals surface area contributed by atoms with Crippen LogP contribution in [0.2, 0.25) is 0 Å². The number of carbonyl (C=O) groups excluding carboxylic acids is 5. The van der Waals surface area contributed by atoms with Gasteiger partial charge in [-0.15, -0.1) is 0 Å². The topological polar surface area (TPSA) is 231 Å². The molecule has 2 aliphatic rings. The molecule has 2 amide bonds. The average Bonchev–Trinajstić information content (AvgIpc) is 3.57. The Morgan fingerprint density at radius 2 is 1.25 bits per heavy atom. The van der Waals surface area contributed by atoms with Crippen molar-refractivity contribution in [2.75, 3.05) is 23.8 Å². The number of aliphatic hydroxyl groups is 1. The van der Waals surface area contributed by atoms with E-state index in [9.17, 15) is 39.0 Å². The first-order valence-corrected chi connectivity index (χ1v) is 20.3. The molecule has 59 heavy (non-hydrogen) atoms. The van der Waals surface area contributed by atoms with Gasteiger partial charge in [-0.05, 0) is 91.5 Å². The molecule has 2 aliphatic heterocycles. The number of nitrogens with zero attached hydrogens (tertiary/aromatic N) is 1. The molecule has 6 unspecified atom stereocenters. The fourth-order valence-electron chi connectivity index (χ4n) is 7.58. The van der Waals surface area contributed by atoms with Gasteiger partial charge < -0.3 is 35.6 Å². The van der Waals surface area contributed by atoms with Gasteiger partial charge in [0.1, 0.15) is 11.5 Å². The fraction of sp³-hybridized carbons (Fsp3) is 0.600. The number of amides is 2. The van der Waals surface area contributed by atoms with E-state index in [1.54, 1.807) is 65.8 Å². The summed E-state index contributed by atoms with van der Waals surface area (Å²) in [5, 5.41) is 35.8. The van der Waals surface area contributed by atoms with Gasteiger partial charge in [-0.1, -0.05) is 82.1 Å². The van der Waals surface area contributed by atoms with Crippen LogP contribution < -0.4 is 10.6 Å². The molecule has 14 heteroatoms. The third-order valence-electron chi connectivity index (χ3n) is 11.6. The summed E-state index contributed by atoms with van der Waals surface area (Å²) in [6.07, 6.45) is 2.18. The standard InChI is InChI=1S/C27H39NO7.C10H16O3.C6H7NO.C2H6O/c1-8-26(4,5)21-19(22(30)28(23(21)31)17-10-12-18(29)13-11-17)14-15-27(6,7)20(24(32)33)16(3)25(34)35-9-2;1-5-10(3,4)7-6(2)8(11)13-9(7)12;7-5-1-3-6(8)4-2-5;1-2-3/h10-13,16,19-21,29H,8-9,14-15H2,1-7H3,(H,32,33);6-7H,5H2,1-4H3;1-4,8H,7H2;3H,2H2,1H3. The van der Waals surface area contributed by atoms with E-state index in [1.165, 1.54) is 29.2 Å². The predicted molar refractivity (Wildman–Crippen MR) is 225 cm³/mol. The molecule has 330 valence electrons. The maximum atomic E-state index is 13.6. The number of phenolic OH excluding ortho intramolecular Hbond substituents is 2. The van der Waals surface area contributed by atoms with Crippen LogP contribution in [0.15, 0.2) is 48.5 Å². The number of aliphatic hydroxyl groups excluding tert-OH is 1. The zero-order valence-corrected chi connectivity index (χ0v) is 36.9. The molecule has 0 radical (unpaired) electrons. The lowest BCUT2D eigenvalue weighted by Gasteiger charge is -2.37. The van der Waals surface area contributed by atoms with Gasteiger partial charge in [0.05, 0.1) is 47.8 Å². The molecule has 0 spiro atoms. The number of carboxylic acids is 1. The van der Waals surface area contributed by atoms with E-state index in [2.05, 4.69) is 4.74 Å². The molecule has 6 atom stereocenters. The quantitative estimate of drug-likeness (QED) is 0.0437. The Hall–Kier alpha value is -4.98. The highest BCUT2D eigenvalue weighted by atomic mass is 16.6. The van der Waals surface area contributed by atoms with Crippen molar-refractivity contribution in [1.29, 1.82) is 0 Å². The molecular formula is C45H68N2O12. The van der Waals surface area contributed by atoms with Gasteiger partial charge in [-0.25, -0.2) is 0 Å². The Kier molecular flexibility index (Phi) is 19.8. The van der Waals surface area contributed by atoms with E-state index >= 15 is 0 Å². The summed E-state index contributed by atoms with van der Waals surface area (Å²) in [5.41, 5.74) is 4.93. The second-order valence-corrected chi connectivity index (χ2v) is 17.1. The van der Waals surface area contributed by atoms with Crippen LogP contribution in [0.5, 0.6) is 11.5 Å². The van der Waals surface area contributed by atoms with Crippen molar-refractivity contribution < 1.29 is 58.7 Å². The monoisotopic (exact) mass is 828 g/mol. The molecule has 2 aromatic rings. The minimum Gasteiger partial charge on any atom is -0.508 e. The summed E-state index contributed by atoms with van der Waals surface area (Å²) in [6.45, 7) is 22.5. The van der Waals surface area contributed by atoms with Gasteiger partial charge in [0.15, 0.2) is 0 Å². The number of hydrogen-bond donors (Lipinski definition) is 5. The number of cyclic esters (lactones) is 2. The van der Waals surface area contributed by atoms with Crippen molar-refractivity contribution in [2.45, 2.75) is 109 Å². The Bertz CT molecular complexity index is 1700. The molecule has 2 fully saturated rings. The van der Waals surface area contributed by atoms with Gasteiger partial charge in [0, 0.05) is 12.3 Å².